The van der Waals surface area contributed by atoms with Crippen molar-refractivity contribution in [3.63, 3.8) is 0 Å². The standard InChI is InChI=1S/C18H30N4/c1-5-14-8-7-9-15(6-2)17(14)21-18(19)20-12-13(3)22(4)16-10-11-16/h7-9,13,16H,5-6,10-12H2,1-4H3,(H3,19,20,21). The lowest BCUT2D eigenvalue weighted by Gasteiger charge is -2.23. The van der Waals surface area contributed by atoms with E-state index in [-0.39, 0.29) is 0 Å². The molecule has 0 aliphatic heterocycles. The molecule has 0 aromatic heterocycles. The second-order valence-corrected chi connectivity index (χ2v) is 6.25. The maximum Gasteiger partial charge on any atom is 0.193 e. The molecule has 122 valence electrons. The van der Waals surface area contributed by atoms with Crippen LogP contribution in [0.15, 0.2) is 23.2 Å². The largest absolute Gasteiger partial charge is 0.370 e. The molecule has 1 aromatic carbocycles. The third-order valence-corrected chi connectivity index (χ3v) is 4.60. The molecule has 0 amide bonds. The number of nitrogens with one attached hydrogen (secondary N) is 1. The SMILES string of the molecule is CCc1cccc(CC)c1NC(N)=NCC(C)N(C)C1CC1. The van der Waals surface area contributed by atoms with E-state index >= 15 is 0 Å². The number of hydrogen-bond donors (Lipinski definition) is 2. The summed E-state index contributed by atoms with van der Waals surface area (Å²) < 4.78 is 0. The van der Waals surface area contributed by atoms with Crippen LogP contribution in [0.3, 0.4) is 0 Å². The second kappa shape index (κ2) is 7.63. The van der Waals surface area contributed by atoms with Crippen LogP contribution >= 0.6 is 0 Å². The molecule has 1 unspecified atom stereocenters. The lowest BCUT2D eigenvalue weighted by molar-refractivity contribution is 0.253. The van der Waals surface area contributed by atoms with Gasteiger partial charge in [0.2, 0.25) is 0 Å². The van der Waals surface area contributed by atoms with Crippen LogP contribution in [0, 0.1) is 0 Å². The zero-order chi connectivity index (χ0) is 16.1. The van der Waals surface area contributed by atoms with Gasteiger partial charge in [-0.25, -0.2) is 0 Å². The molecule has 1 aliphatic carbocycles. The summed E-state index contributed by atoms with van der Waals surface area (Å²) in [5, 5.41) is 3.33. The Morgan fingerprint density at radius 3 is 2.41 bits per heavy atom. The molecule has 4 heteroatoms. The van der Waals surface area contributed by atoms with Gasteiger partial charge in [-0.3, -0.25) is 9.89 Å². The fourth-order valence-electron chi connectivity index (χ4n) is 2.77. The minimum absolute atomic E-state index is 0.430. The molecule has 1 saturated carbocycles. The van der Waals surface area contributed by atoms with Crippen LogP contribution < -0.4 is 11.1 Å². The molecule has 0 heterocycles. The smallest absolute Gasteiger partial charge is 0.193 e. The first-order valence-electron chi connectivity index (χ1n) is 8.46. The van der Waals surface area contributed by atoms with E-state index in [1.807, 2.05) is 0 Å². The van der Waals surface area contributed by atoms with Crippen molar-refractivity contribution in [3.8, 4) is 0 Å². The van der Waals surface area contributed by atoms with Crippen molar-refractivity contribution in [1.82, 2.24) is 4.90 Å². The average Bonchev–Trinajstić information content (AvgIpc) is 3.36. The van der Waals surface area contributed by atoms with Crippen LogP contribution in [-0.4, -0.2) is 36.5 Å². The van der Waals surface area contributed by atoms with E-state index in [4.69, 9.17) is 5.73 Å². The molecule has 1 aliphatic rings. The summed E-state index contributed by atoms with van der Waals surface area (Å²) in [5.41, 5.74) is 9.83. The topological polar surface area (TPSA) is 53.6 Å². The van der Waals surface area contributed by atoms with E-state index in [1.165, 1.54) is 24.0 Å². The first-order chi connectivity index (χ1) is 10.6. The molecule has 2 rings (SSSR count). The summed E-state index contributed by atoms with van der Waals surface area (Å²) >= 11 is 0. The maximum atomic E-state index is 6.11. The Kier molecular flexibility index (Phi) is 5.83. The van der Waals surface area contributed by atoms with Crippen LogP contribution in [0.5, 0.6) is 0 Å². The van der Waals surface area contributed by atoms with Gasteiger partial charge in [-0.15, -0.1) is 0 Å². The predicted octanol–water partition coefficient (Wildman–Crippen LogP) is 3.02. The van der Waals surface area contributed by atoms with Crippen molar-refractivity contribution in [3.05, 3.63) is 29.3 Å². The number of nitrogens with zero attached hydrogens (tertiary/aromatic N) is 2. The number of aryl methyl sites for hydroxylation is 2. The zero-order valence-electron chi connectivity index (χ0n) is 14.4. The molecule has 22 heavy (non-hydrogen) atoms. The number of rotatable bonds is 7. The summed E-state index contributed by atoms with van der Waals surface area (Å²) in [6.07, 6.45) is 4.62. The van der Waals surface area contributed by atoms with Crippen LogP contribution in [0.1, 0.15) is 44.7 Å². The van der Waals surface area contributed by atoms with Crippen LogP contribution in [-0.2, 0) is 12.8 Å². The number of nitrogens with two attached hydrogens (primary N) is 1. The lowest BCUT2D eigenvalue weighted by Crippen LogP contribution is -2.34. The summed E-state index contributed by atoms with van der Waals surface area (Å²) in [6.45, 7) is 7.29. The maximum absolute atomic E-state index is 6.11. The van der Waals surface area contributed by atoms with E-state index in [1.54, 1.807) is 0 Å². The monoisotopic (exact) mass is 302 g/mol. The van der Waals surface area contributed by atoms with Gasteiger partial charge < -0.3 is 11.1 Å². The van der Waals surface area contributed by atoms with Crippen molar-refractivity contribution < 1.29 is 0 Å². The molecule has 0 saturated heterocycles. The molecular weight excluding hydrogens is 272 g/mol. The highest BCUT2D eigenvalue weighted by Gasteiger charge is 2.28. The van der Waals surface area contributed by atoms with Crippen LogP contribution in [0.2, 0.25) is 0 Å². The molecule has 1 aromatic rings. The van der Waals surface area contributed by atoms with Gasteiger partial charge in [0.1, 0.15) is 0 Å². The molecule has 3 N–H and O–H groups in total. The number of anilines is 1. The fourth-order valence-corrected chi connectivity index (χ4v) is 2.77. The van der Waals surface area contributed by atoms with Crippen molar-refractivity contribution in [2.24, 2.45) is 10.7 Å². The first kappa shape index (κ1) is 16.8. The number of hydrogen-bond acceptors (Lipinski definition) is 2. The Bertz CT molecular complexity index is 498. The van der Waals surface area contributed by atoms with Gasteiger partial charge in [-0.05, 0) is 50.8 Å². The highest BCUT2D eigenvalue weighted by molar-refractivity contribution is 5.93. The number of benzene rings is 1. The fraction of sp³-hybridized carbons (Fsp3) is 0.611. The van der Waals surface area contributed by atoms with Gasteiger partial charge >= 0.3 is 0 Å². The predicted molar refractivity (Wildman–Crippen MR) is 95.6 cm³/mol. The van der Waals surface area contributed by atoms with Gasteiger partial charge in [0.05, 0.1) is 6.54 Å². The lowest BCUT2D eigenvalue weighted by atomic mass is 10.0. The minimum Gasteiger partial charge on any atom is -0.370 e. The number of para-hydroxylation sites is 1. The Labute approximate surface area is 134 Å². The van der Waals surface area contributed by atoms with Gasteiger partial charge in [0.25, 0.3) is 0 Å². The number of likely N-dealkylation sites (N-methyl/N-ethyl adjacent to an activating group) is 1. The molecule has 0 radical (unpaired) electrons. The normalized spacial score (nSPS) is 16.9. The van der Waals surface area contributed by atoms with E-state index in [2.05, 4.69) is 61.2 Å². The third kappa shape index (κ3) is 4.23. The molecule has 1 fully saturated rings. The minimum atomic E-state index is 0.430. The molecular formula is C18H30N4. The van der Waals surface area contributed by atoms with Crippen LogP contribution in [0.25, 0.3) is 0 Å². The summed E-state index contributed by atoms with van der Waals surface area (Å²) in [6, 6.07) is 7.60. The van der Waals surface area contributed by atoms with E-state index < -0.39 is 0 Å². The number of aliphatic imine (C=N–C) groups is 1. The Morgan fingerprint density at radius 1 is 1.32 bits per heavy atom. The summed E-state index contributed by atoms with van der Waals surface area (Å²) in [5.74, 6) is 0.520. The summed E-state index contributed by atoms with van der Waals surface area (Å²) in [7, 11) is 2.18. The molecule has 4 nitrogen and oxygen atoms in total. The summed E-state index contributed by atoms with van der Waals surface area (Å²) in [4.78, 5) is 6.95. The van der Waals surface area contributed by atoms with Gasteiger partial charge in [0.15, 0.2) is 5.96 Å². The zero-order valence-corrected chi connectivity index (χ0v) is 14.4. The Hall–Kier alpha value is -1.55. The van der Waals surface area contributed by atoms with Gasteiger partial charge in [-0.1, -0.05) is 32.0 Å². The van der Waals surface area contributed by atoms with Crippen molar-refractivity contribution in [2.45, 2.75) is 58.5 Å². The highest BCUT2D eigenvalue weighted by Crippen LogP contribution is 2.27. The van der Waals surface area contributed by atoms with Gasteiger partial charge in [-0.2, -0.15) is 0 Å². The average molecular weight is 302 g/mol. The Morgan fingerprint density at radius 2 is 1.91 bits per heavy atom. The Balaban J connectivity index is 2.01. The third-order valence-electron chi connectivity index (χ3n) is 4.60. The molecule has 1 atom stereocenters. The van der Waals surface area contributed by atoms with Gasteiger partial charge in [0, 0.05) is 17.8 Å². The van der Waals surface area contributed by atoms with Crippen molar-refractivity contribution >= 4 is 11.6 Å². The highest BCUT2D eigenvalue weighted by atomic mass is 15.2. The van der Waals surface area contributed by atoms with E-state index in [0.717, 1.165) is 31.1 Å². The first-order valence-corrected chi connectivity index (χ1v) is 8.46. The van der Waals surface area contributed by atoms with Crippen molar-refractivity contribution in [2.75, 3.05) is 18.9 Å². The van der Waals surface area contributed by atoms with E-state index in [9.17, 15) is 0 Å². The quantitative estimate of drug-likeness (QED) is 0.601. The van der Waals surface area contributed by atoms with E-state index in [0.29, 0.717) is 12.0 Å². The molecule has 0 spiro atoms. The van der Waals surface area contributed by atoms with Crippen molar-refractivity contribution in [1.29, 1.82) is 0 Å². The second-order valence-electron chi connectivity index (χ2n) is 6.25. The number of guanidine groups is 1. The molecule has 0 bridgehead atoms. The van der Waals surface area contributed by atoms with Crippen LogP contribution in [0.4, 0.5) is 5.69 Å².